The molecule has 2 rings (SSSR count). The van der Waals surface area contributed by atoms with Crippen molar-refractivity contribution in [1.82, 2.24) is 10.2 Å². The topological polar surface area (TPSA) is 41.6 Å². The van der Waals surface area contributed by atoms with Crippen molar-refractivity contribution in [2.75, 3.05) is 32.8 Å². The standard InChI is InChI=1S/C13H18BrClN2O2S/c1-2-19-13(18)11(10-8-9(14)12(15)20-10)17-6-3-4-16-5-7-17/h8,11,16H,2-7H2,1H3. The number of hydrogen-bond acceptors (Lipinski definition) is 5. The minimum atomic E-state index is -0.358. The van der Waals surface area contributed by atoms with Crippen molar-refractivity contribution in [2.45, 2.75) is 19.4 Å². The van der Waals surface area contributed by atoms with Crippen LogP contribution >= 0.6 is 38.9 Å². The molecule has 0 radical (unpaired) electrons. The molecule has 1 saturated heterocycles. The summed E-state index contributed by atoms with van der Waals surface area (Å²) in [6.07, 6.45) is 1.02. The first kappa shape index (κ1) is 16.2. The lowest BCUT2D eigenvalue weighted by molar-refractivity contribution is -0.149. The van der Waals surface area contributed by atoms with E-state index >= 15 is 0 Å². The van der Waals surface area contributed by atoms with Gasteiger partial charge in [-0.05, 0) is 41.9 Å². The van der Waals surface area contributed by atoms with E-state index in [1.165, 1.54) is 11.3 Å². The average molecular weight is 382 g/mol. The van der Waals surface area contributed by atoms with Crippen LogP contribution in [0.25, 0.3) is 0 Å². The molecule has 0 bridgehead atoms. The zero-order valence-electron chi connectivity index (χ0n) is 11.3. The largest absolute Gasteiger partial charge is 0.465 e. The Labute approximate surface area is 136 Å². The summed E-state index contributed by atoms with van der Waals surface area (Å²) in [7, 11) is 0. The molecule has 1 aliphatic rings. The maximum atomic E-state index is 12.3. The number of ether oxygens (including phenoxy) is 1. The molecule has 1 aliphatic heterocycles. The van der Waals surface area contributed by atoms with Crippen molar-refractivity contribution >= 4 is 44.8 Å². The molecule has 0 saturated carbocycles. The predicted molar refractivity (Wildman–Crippen MR) is 85.5 cm³/mol. The highest BCUT2D eigenvalue weighted by atomic mass is 79.9. The monoisotopic (exact) mass is 380 g/mol. The molecule has 1 N–H and O–H groups in total. The van der Waals surface area contributed by atoms with Crippen LogP contribution in [-0.4, -0.2) is 43.7 Å². The van der Waals surface area contributed by atoms with E-state index in [-0.39, 0.29) is 12.0 Å². The van der Waals surface area contributed by atoms with Gasteiger partial charge in [-0.1, -0.05) is 11.6 Å². The normalized spacial score (nSPS) is 18.6. The summed E-state index contributed by atoms with van der Waals surface area (Å²) < 4.78 is 6.75. The van der Waals surface area contributed by atoms with Crippen LogP contribution in [0.1, 0.15) is 24.3 Å². The maximum Gasteiger partial charge on any atom is 0.328 e. The van der Waals surface area contributed by atoms with Gasteiger partial charge in [-0.15, -0.1) is 11.3 Å². The van der Waals surface area contributed by atoms with E-state index in [9.17, 15) is 4.79 Å². The zero-order chi connectivity index (χ0) is 14.5. The van der Waals surface area contributed by atoms with Gasteiger partial charge in [0.15, 0.2) is 0 Å². The molecule has 4 nitrogen and oxygen atoms in total. The molecule has 1 unspecified atom stereocenters. The Hall–Kier alpha value is -0.140. The predicted octanol–water partition coefficient (Wildman–Crippen LogP) is 3.06. The molecule has 0 aromatic carbocycles. The van der Waals surface area contributed by atoms with Crippen molar-refractivity contribution < 1.29 is 9.53 Å². The molecule has 0 spiro atoms. The third-order valence-corrected chi connectivity index (χ3v) is 5.71. The van der Waals surface area contributed by atoms with Gasteiger partial charge in [-0.2, -0.15) is 0 Å². The van der Waals surface area contributed by atoms with Gasteiger partial charge in [0.25, 0.3) is 0 Å². The molecular weight excluding hydrogens is 364 g/mol. The molecule has 1 fully saturated rings. The Morgan fingerprint density at radius 1 is 1.60 bits per heavy atom. The number of halogens is 2. The summed E-state index contributed by atoms with van der Waals surface area (Å²) >= 11 is 11.0. The summed E-state index contributed by atoms with van der Waals surface area (Å²) in [6, 6.07) is 1.57. The summed E-state index contributed by atoms with van der Waals surface area (Å²) in [4.78, 5) is 15.4. The molecule has 1 atom stereocenters. The summed E-state index contributed by atoms with van der Waals surface area (Å²) in [5.74, 6) is -0.195. The number of carbonyl (C=O) groups excluding carboxylic acids is 1. The molecule has 1 aromatic heterocycles. The van der Waals surface area contributed by atoms with Crippen LogP contribution in [-0.2, 0) is 9.53 Å². The quantitative estimate of drug-likeness (QED) is 0.814. The fourth-order valence-corrected chi connectivity index (χ4v) is 4.15. The van der Waals surface area contributed by atoms with Crippen molar-refractivity contribution in [1.29, 1.82) is 0 Å². The number of nitrogens with one attached hydrogen (secondary N) is 1. The lowest BCUT2D eigenvalue weighted by Gasteiger charge is -2.27. The second-order valence-corrected chi connectivity index (χ2v) is 7.10. The van der Waals surface area contributed by atoms with Gasteiger partial charge in [0.2, 0.25) is 0 Å². The molecule has 20 heavy (non-hydrogen) atoms. The lowest BCUT2D eigenvalue weighted by Crippen LogP contribution is -2.37. The van der Waals surface area contributed by atoms with E-state index in [1.54, 1.807) is 0 Å². The van der Waals surface area contributed by atoms with Crippen LogP contribution in [0.5, 0.6) is 0 Å². The number of thiophene rings is 1. The van der Waals surface area contributed by atoms with E-state index in [4.69, 9.17) is 16.3 Å². The summed E-state index contributed by atoms with van der Waals surface area (Å²) in [5.41, 5.74) is 0. The summed E-state index contributed by atoms with van der Waals surface area (Å²) in [6.45, 7) is 5.80. The number of esters is 1. The van der Waals surface area contributed by atoms with Crippen LogP contribution in [0.2, 0.25) is 4.34 Å². The smallest absolute Gasteiger partial charge is 0.328 e. The summed E-state index contributed by atoms with van der Waals surface area (Å²) in [5, 5.41) is 3.35. The molecule has 112 valence electrons. The van der Waals surface area contributed by atoms with E-state index in [0.29, 0.717) is 10.9 Å². The third kappa shape index (κ3) is 3.95. The van der Waals surface area contributed by atoms with E-state index in [0.717, 1.165) is 41.9 Å². The number of carbonyl (C=O) groups is 1. The molecule has 2 heterocycles. The van der Waals surface area contributed by atoms with Crippen LogP contribution in [0.3, 0.4) is 0 Å². The molecule has 0 amide bonds. The SMILES string of the molecule is CCOC(=O)C(c1cc(Br)c(Cl)s1)N1CCCNCC1. The van der Waals surface area contributed by atoms with Gasteiger partial charge >= 0.3 is 5.97 Å². The first-order chi connectivity index (χ1) is 9.63. The van der Waals surface area contributed by atoms with E-state index in [2.05, 4.69) is 26.1 Å². The molecular formula is C13H18BrClN2O2S. The van der Waals surface area contributed by atoms with Gasteiger partial charge in [0.1, 0.15) is 10.4 Å². The van der Waals surface area contributed by atoms with Crippen molar-refractivity contribution in [2.24, 2.45) is 0 Å². The average Bonchev–Trinajstić information content (AvgIpc) is 2.63. The molecule has 7 heteroatoms. The third-order valence-electron chi connectivity index (χ3n) is 3.18. The van der Waals surface area contributed by atoms with Crippen LogP contribution in [0, 0.1) is 0 Å². The highest BCUT2D eigenvalue weighted by Crippen LogP contribution is 2.37. The van der Waals surface area contributed by atoms with Gasteiger partial charge in [0, 0.05) is 29.0 Å². The number of nitrogens with zero attached hydrogens (tertiary/aromatic N) is 1. The first-order valence-electron chi connectivity index (χ1n) is 6.69. The second kappa shape index (κ2) is 7.75. The highest BCUT2D eigenvalue weighted by Gasteiger charge is 2.31. The minimum absolute atomic E-state index is 0.195. The fraction of sp³-hybridized carbons (Fsp3) is 0.615. The Balaban J connectivity index is 2.25. The van der Waals surface area contributed by atoms with E-state index in [1.807, 2.05) is 13.0 Å². The lowest BCUT2D eigenvalue weighted by atomic mass is 10.2. The molecule has 0 aliphatic carbocycles. The maximum absolute atomic E-state index is 12.3. The Kier molecular flexibility index (Phi) is 6.29. The number of rotatable bonds is 4. The van der Waals surface area contributed by atoms with Crippen LogP contribution < -0.4 is 5.32 Å². The van der Waals surface area contributed by atoms with Crippen molar-refractivity contribution in [3.05, 3.63) is 19.8 Å². The Bertz CT molecular complexity index is 442. The van der Waals surface area contributed by atoms with Crippen LogP contribution in [0.15, 0.2) is 10.5 Å². The molecule has 1 aromatic rings. The highest BCUT2D eigenvalue weighted by molar-refractivity contribution is 9.10. The first-order valence-corrected chi connectivity index (χ1v) is 8.68. The second-order valence-electron chi connectivity index (χ2n) is 4.56. The minimum Gasteiger partial charge on any atom is -0.465 e. The Morgan fingerprint density at radius 2 is 2.40 bits per heavy atom. The van der Waals surface area contributed by atoms with Gasteiger partial charge in [0.05, 0.1) is 6.61 Å². The van der Waals surface area contributed by atoms with Gasteiger partial charge in [-0.3, -0.25) is 4.90 Å². The van der Waals surface area contributed by atoms with Crippen molar-refractivity contribution in [3.8, 4) is 0 Å². The van der Waals surface area contributed by atoms with Gasteiger partial charge in [-0.25, -0.2) is 4.79 Å². The van der Waals surface area contributed by atoms with Crippen molar-refractivity contribution in [3.63, 3.8) is 0 Å². The Morgan fingerprint density at radius 3 is 3.05 bits per heavy atom. The zero-order valence-corrected chi connectivity index (χ0v) is 14.5. The van der Waals surface area contributed by atoms with Gasteiger partial charge < -0.3 is 10.1 Å². The van der Waals surface area contributed by atoms with Crippen LogP contribution in [0.4, 0.5) is 0 Å². The number of hydrogen-bond donors (Lipinski definition) is 1. The van der Waals surface area contributed by atoms with E-state index < -0.39 is 0 Å². The fourth-order valence-electron chi connectivity index (χ4n) is 2.29.